The molecular formula is C60H41N3Si. The molecule has 13 rings (SSSR count). The highest BCUT2D eigenvalue weighted by atomic mass is 28.3. The summed E-state index contributed by atoms with van der Waals surface area (Å²) >= 11 is 0. The van der Waals surface area contributed by atoms with Gasteiger partial charge in [-0.05, 0) is 75.3 Å². The summed E-state index contributed by atoms with van der Waals surface area (Å²) in [7, 11) is -2.98. The Morgan fingerprint density at radius 3 is 1.30 bits per heavy atom. The van der Waals surface area contributed by atoms with Crippen molar-refractivity contribution in [2.45, 2.75) is 0 Å². The van der Waals surface area contributed by atoms with E-state index in [1.807, 2.05) is 0 Å². The molecule has 0 N–H and O–H groups in total. The number of nitrogens with zero attached hydrogens (tertiary/aromatic N) is 3. The molecule has 0 spiro atoms. The Morgan fingerprint density at radius 2 is 0.719 bits per heavy atom. The molecule has 0 saturated carbocycles. The van der Waals surface area contributed by atoms with E-state index in [1.165, 1.54) is 80.6 Å². The molecule has 0 aliphatic heterocycles. The number of aromatic nitrogens is 3. The second-order valence-corrected chi connectivity index (χ2v) is 20.6. The molecule has 300 valence electrons. The summed E-state index contributed by atoms with van der Waals surface area (Å²) in [5, 5.41) is 12.9. The number of hydrogen-bond donors (Lipinski definition) is 0. The molecule has 0 amide bonds. The number of fused-ring (bicyclic) bond motifs is 9. The molecule has 3 nitrogen and oxygen atoms in total. The van der Waals surface area contributed by atoms with Crippen LogP contribution in [-0.4, -0.2) is 21.8 Å². The minimum Gasteiger partial charge on any atom is -0.309 e. The first-order valence-electron chi connectivity index (χ1n) is 22.1. The molecular weight excluding hydrogens is 791 g/mol. The van der Waals surface area contributed by atoms with Crippen LogP contribution in [0.2, 0.25) is 0 Å². The van der Waals surface area contributed by atoms with Crippen LogP contribution in [0.15, 0.2) is 249 Å². The Morgan fingerprint density at radius 1 is 0.266 bits per heavy atom. The van der Waals surface area contributed by atoms with Crippen molar-refractivity contribution in [2.24, 2.45) is 0 Å². The van der Waals surface area contributed by atoms with E-state index in [9.17, 15) is 0 Å². The first-order chi connectivity index (χ1) is 31.8. The summed E-state index contributed by atoms with van der Waals surface area (Å²) in [6.45, 7) is 0. The van der Waals surface area contributed by atoms with Crippen molar-refractivity contribution in [3.8, 4) is 17.1 Å². The van der Waals surface area contributed by atoms with Gasteiger partial charge >= 0.3 is 0 Å². The maximum Gasteiger partial charge on any atom is 0.180 e. The number of hydrogen-bond acceptors (Lipinski definition) is 0. The molecule has 0 aliphatic rings. The molecule has 0 fully saturated rings. The molecule has 4 heteroatoms. The lowest BCUT2D eigenvalue weighted by atomic mass is 10.1. The molecule has 64 heavy (non-hydrogen) atoms. The van der Waals surface area contributed by atoms with Gasteiger partial charge in [-0.2, -0.15) is 0 Å². The quantitative estimate of drug-likeness (QED) is 0.112. The number of para-hydroxylation sites is 5. The van der Waals surface area contributed by atoms with Gasteiger partial charge in [0.25, 0.3) is 0 Å². The second kappa shape index (κ2) is 14.5. The monoisotopic (exact) mass is 831 g/mol. The van der Waals surface area contributed by atoms with Gasteiger partial charge in [0.05, 0.1) is 38.8 Å². The van der Waals surface area contributed by atoms with E-state index < -0.39 is 8.07 Å². The first kappa shape index (κ1) is 36.5. The van der Waals surface area contributed by atoms with Gasteiger partial charge in [-0.1, -0.05) is 194 Å². The van der Waals surface area contributed by atoms with Crippen LogP contribution in [0.3, 0.4) is 0 Å². The molecule has 0 aliphatic carbocycles. The Kier molecular flexibility index (Phi) is 8.23. The van der Waals surface area contributed by atoms with Crippen LogP contribution in [0.5, 0.6) is 0 Å². The predicted molar refractivity (Wildman–Crippen MR) is 273 cm³/mol. The lowest BCUT2D eigenvalue weighted by Gasteiger charge is -2.35. The summed E-state index contributed by atoms with van der Waals surface area (Å²) in [6, 6.07) is 92.4. The van der Waals surface area contributed by atoms with Crippen LogP contribution in [0.4, 0.5) is 0 Å². The van der Waals surface area contributed by atoms with Gasteiger partial charge in [0.1, 0.15) is 0 Å². The highest BCUT2D eigenvalue weighted by Crippen LogP contribution is 2.41. The van der Waals surface area contributed by atoms with Crippen LogP contribution < -0.4 is 20.7 Å². The standard InChI is InChI=1S/C60H41N3Si/c1-5-21-42(22-6-1)62-54-35-18-15-31-49(54)50-32-19-37-56(60(50)62)63-55-36-20-38-58(64(44-23-7-2-8-24-44,45-25-9-3-10-26-45)46-27-11-4-12-28-46)59(55)51-40-39-43(41-57(51)63)61-52-33-16-13-29-47(52)48-30-14-17-34-53(48)61/h1-41H. The van der Waals surface area contributed by atoms with Crippen molar-refractivity contribution in [2.75, 3.05) is 0 Å². The predicted octanol–water partition coefficient (Wildman–Crippen LogP) is 12.4. The Labute approximate surface area is 372 Å². The highest BCUT2D eigenvalue weighted by molar-refractivity contribution is 7.20. The normalized spacial score (nSPS) is 12.1. The zero-order valence-corrected chi connectivity index (χ0v) is 36.0. The SMILES string of the molecule is c1ccc(-n2c3ccccc3c3cccc(-n4c5cc(-n6c7ccccc7c7ccccc76)ccc5c5c([Si](c6ccccc6)(c6ccccc6)c6ccccc6)cccc54)c32)cc1. The number of benzene rings is 10. The minimum absolute atomic E-state index is 1.13. The average Bonchev–Trinajstić information content (AvgIpc) is 4.01. The lowest BCUT2D eigenvalue weighted by Crippen LogP contribution is -2.74. The second-order valence-electron chi connectivity index (χ2n) is 16.8. The van der Waals surface area contributed by atoms with Crippen LogP contribution in [-0.2, 0) is 0 Å². The van der Waals surface area contributed by atoms with Gasteiger partial charge in [-0.25, -0.2) is 0 Å². The van der Waals surface area contributed by atoms with Gasteiger partial charge in [-0.15, -0.1) is 0 Å². The summed E-state index contributed by atoms with van der Waals surface area (Å²) in [4.78, 5) is 0. The van der Waals surface area contributed by atoms with Gasteiger partial charge in [0, 0.05) is 43.7 Å². The topological polar surface area (TPSA) is 14.8 Å². The van der Waals surface area contributed by atoms with Crippen molar-refractivity contribution in [1.29, 1.82) is 0 Å². The molecule has 0 atom stereocenters. The Bertz CT molecular complexity index is 3730. The van der Waals surface area contributed by atoms with Crippen molar-refractivity contribution >= 4 is 94.2 Å². The van der Waals surface area contributed by atoms with Gasteiger partial charge in [0.2, 0.25) is 0 Å². The summed E-state index contributed by atoms with van der Waals surface area (Å²) in [5.74, 6) is 0. The summed E-state index contributed by atoms with van der Waals surface area (Å²) in [6.07, 6.45) is 0. The van der Waals surface area contributed by atoms with Gasteiger partial charge < -0.3 is 13.7 Å². The molecule has 0 saturated heterocycles. The zero-order chi connectivity index (χ0) is 42.2. The molecule has 0 bridgehead atoms. The summed E-state index contributed by atoms with van der Waals surface area (Å²) in [5.41, 5.74) is 10.5. The van der Waals surface area contributed by atoms with E-state index in [0.29, 0.717) is 0 Å². The summed E-state index contributed by atoms with van der Waals surface area (Å²) < 4.78 is 7.49. The van der Waals surface area contributed by atoms with E-state index in [2.05, 4.69) is 262 Å². The smallest absolute Gasteiger partial charge is 0.180 e. The fourth-order valence-electron chi connectivity index (χ4n) is 11.0. The third-order valence-electron chi connectivity index (χ3n) is 13.6. The first-order valence-corrected chi connectivity index (χ1v) is 24.1. The average molecular weight is 832 g/mol. The van der Waals surface area contributed by atoms with Crippen molar-refractivity contribution in [3.05, 3.63) is 249 Å². The largest absolute Gasteiger partial charge is 0.309 e. The van der Waals surface area contributed by atoms with E-state index in [1.54, 1.807) is 0 Å². The van der Waals surface area contributed by atoms with E-state index >= 15 is 0 Å². The van der Waals surface area contributed by atoms with Crippen LogP contribution in [0.25, 0.3) is 82.5 Å². The zero-order valence-electron chi connectivity index (χ0n) is 35.0. The Balaban J connectivity index is 1.23. The Hall–Kier alpha value is -8.18. The third-order valence-corrected chi connectivity index (χ3v) is 18.4. The fraction of sp³-hybridized carbons (Fsp3) is 0. The van der Waals surface area contributed by atoms with Gasteiger partial charge in [-0.3, -0.25) is 0 Å². The van der Waals surface area contributed by atoms with Crippen LogP contribution >= 0.6 is 0 Å². The molecule has 0 radical (unpaired) electrons. The number of rotatable bonds is 7. The van der Waals surface area contributed by atoms with Crippen molar-refractivity contribution < 1.29 is 0 Å². The van der Waals surface area contributed by atoms with Crippen molar-refractivity contribution in [1.82, 2.24) is 13.7 Å². The maximum absolute atomic E-state index is 2.98. The maximum atomic E-state index is 2.58. The molecule has 13 aromatic rings. The van der Waals surface area contributed by atoms with Crippen LogP contribution in [0, 0.1) is 0 Å². The molecule has 0 unspecified atom stereocenters. The highest BCUT2D eigenvalue weighted by Gasteiger charge is 2.43. The van der Waals surface area contributed by atoms with Crippen molar-refractivity contribution in [3.63, 3.8) is 0 Å². The molecule has 3 aromatic heterocycles. The van der Waals surface area contributed by atoms with Gasteiger partial charge in [0.15, 0.2) is 8.07 Å². The third kappa shape index (κ3) is 5.21. The van der Waals surface area contributed by atoms with E-state index in [0.717, 1.165) is 22.6 Å². The molecule has 3 heterocycles. The molecule has 10 aromatic carbocycles. The lowest BCUT2D eigenvalue weighted by molar-refractivity contribution is 1.12. The van der Waals surface area contributed by atoms with Crippen LogP contribution in [0.1, 0.15) is 0 Å². The van der Waals surface area contributed by atoms with E-state index in [4.69, 9.17) is 0 Å². The fourth-order valence-corrected chi connectivity index (χ4v) is 16.0. The van der Waals surface area contributed by atoms with E-state index in [-0.39, 0.29) is 0 Å². The minimum atomic E-state index is -2.98.